The summed E-state index contributed by atoms with van der Waals surface area (Å²) in [5, 5.41) is 22.0. The maximum Gasteiger partial charge on any atom is 0.234 e. The molecule has 0 atom stereocenters. The lowest BCUT2D eigenvalue weighted by Crippen LogP contribution is -2.14. The Morgan fingerprint density at radius 1 is 1.26 bits per heavy atom. The number of phenolic OH excluding ortho intramolecular Hbond substituents is 1. The number of nitrogens with one attached hydrogen (secondary N) is 1. The summed E-state index contributed by atoms with van der Waals surface area (Å²) < 4.78 is 3.83. The first-order chi connectivity index (χ1) is 13.0. The van der Waals surface area contributed by atoms with E-state index in [0.717, 1.165) is 13.7 Å². The van der Waals surface area contributed by atoms with Crippen molar-refractivity contribution in [1.29, 1.82) is 0 Å². The average molecular weight is 559 g/mol. The Kier molecular flexibility index (Phi) is 6.77. The summed E-state index contributed by atoms with van der Waals surface area (Å²) in [6.45, 7) is 2.59. The van der Waals surface area contributed by atoms with Gasteiger partial charge in [-0.05, 0) is 72.0 Å². The third-order valence-electron chi connectivity index (χ3n) is 3.69. The van der Waals surface area contributed by atoms with E-state index >= 15 is 0 Å². The molecule has 0 spiro atoms. The molecule has 140 valence electrons. The zero-order valence-corrected chi connectivity index (χ0v) is 18.9. The van der Waals surface area contributed by atoms with E-state index in [-0.39, 0.29) is 17.4 Å². The molecular weight excluding hydrogens is 543 g/mol. The van der Waals surface area contributed by atoms with Crippen LogP contribution in [0.3, 0.4) is 0 Å². The molecule has 0 aliphatic heterocycles. The van der Waals surface area contributed by atoms with Gasteiger partial charge in [0.2, 0.25) is 5.91 Å². The number of anilines is 1. The van der Waals surface area contributed by atoms with Gasteiger partial charge >= 0.3 is 0 Å². The van der Waals surface area contributed by atoms with E-state index < -0.39 is 0 Å². The standard InChI is InChI=1S/C18H16BrIN4O2S/c1-2-24-17(14-9-11(19)3-8-15(14)25)22-23-18(24)27-10-16(26)21-13-6-4-12(20)5-7-13/h3-9,25H,2,10H2,1H3,(H,21,26). The second-order valence-corrected chi connectivity index (χ2v) is 8.66. The average Bonchev–Trinajstić information content (AvgIpc) is 3.06. The molecule has 0 saturated carbocycles. The number of amides is 1. The van der Waals surface area contributed by atoms with E-state index in [4.69, 9.17) is 0 Å². The minimum atomic E-state index is -0.112. The molecule has 3 rings (SSSR count). The highest BCUT2D eigenvalue weighted by Gasteiger charge is 2.17. The topological polar surface area (TPSA) is 80.0 Å². The number of thioether (sulfide) groups is 1. The number of aromatic hydroxyl groups is 1. The molecule has 1 heterocycles. The molecule has 0 aliphatic carbocycles. The second kappa shape index (κ2) is 9.07. The van der Waals surface area contributed by atoms with Crippen molar-refractivity contribution in [2.24, 2.45) is 0 Å². The highest BCUT2D eigenvalue weighted by atomic mass is 127. The lowest BCUT2D eigenvalue weighted by atomic mass is 10.2. The quantitative estimate of drug-likeness (QED) is 0.336. The number of hydrogen-bond donors (Lipinski definition) is 2. The molecule has 0 bridgehead atoms. The van der Waals surface area contributed by atoms with Crippen LogP contribution in [0.2, 0.25) is 0 Å². The third-order valence-corrected chi connectivity index (χ3v) is 5.87. The van der Waals surface area contributed by atoms with E-state index in [1.165, 1.54) is 11.8 Å². The lowest BCUT2D eigenvalue weighted by molar-refractivity contribution is -0.113. The molecule has 6 nitrogen and oxygen atoms in total. The smallest absolute Gasteiger partial charge is 0.234 e. The van der Waals surface area contributed by atoms with Crippen LogP contribution < -0.4 is 5.32 Å². The number of phenols is 1. The van der Waals surface area contributed by atoms with E-state index in [9.17, 15) is 9.90 Å². The summed E-state index contributed by atoms with van der Waals surface area (Å²) in [6.07, 6.45) is 0. The summed E-state index contributed by atoms with van der Waals surface area (Å²) in [4.78, 5) is 12.2. The van der Waals surface area contributed by atoms with E-state index in [1.54, 1.807) is 18.2 Å². The molecule has 0 fully saturated rings. The predicted octanol–water partition coefficient (Wildman–Crippen LogP) is 4.77. The molecule has 27 heavy (non-hydrogen) atoms. The van der Waals surface area contributed by atoms with Crippen LogP contribution in [0.15, 0.2) is 52.1 Å². The Morgan fingerprint density at radius 2 is 2.00 bits per heavy atom. The van der Waals surface area contributed by atoms with E-state index in [2.05, 4.69) is 54.0 Å². The van der Waals surface area contributed by atoms with Gasteiger partial charge < -0.3 is 15.0 Å². The largest absolute Gasteiger partial charge is 0.507 e. The van der Waals surface area contributed by atoms with Crippen LogP contribution in [-0.4, -0.2) is 31.5 Å². The van der Waals surface area contributed by atoms with Gasteiger partial charge in [-0.15, -0.1) is 10.2 Å². The highest BCUT2D eigenvalue weighted by molar-refractivity contribution is 14.1. The Hall–Kier alpha value is -1.59. The fourth-order valence-corrected chi connectivity index (χ4v) is 3.95. The highest BCUT2D eigenvalue weighted by Crippen LogP contribution is 2.32. The van der Waals surface area contributed by atoms with Crippen molar-refractivity contribution >= 4 is 61.9 Å². The molecule has 0 saturated heterocycles. The van der Waals surface area contributed by atoms with Gasteiger partial charge in [0.1, 0.15) is 5.75 Å². The first kappa shape index (κ1) is 20.2. The van der Waals surface area contributed by atoms with Crippen molar-refractivity contribution in [3.63, 3.8) is 0 Å². The molecule has 2 aromatic carbocycles. The molecule has 2 N–H and O–H groups in total. The summed E-state index contributed by atoms with van der Waals surface area (Å²) in [6, 6.07) is 12.8. The number of carbonyl (C=O) groups excluding carboxylic acids is 1. The molecule has 1 aromatic heterocycles. The lowest BCUT2D eigenvalue weighted by Gasteiger charge is -2.09. The molecule has 0 unspecified atom stereocenters. The number of halogens is 2. The molecule has 3 aromatic rings. The van der Waals surface area contributed by atoms with Crippen molar-refractivity contribution < 1.29 is 9.90 Å². The fraction of sp³-hybridized carbons (Fsp3) is 0.167. The van der Waals surface area contributed by atoms with Gasteiger partial charge in [-0.2, -0.15) is 0 Å². The first-order valence-electron chi connectivity index (χ1n) is 8.08. The summed E-state index contributed by atoms with van der Waals surface area (Å²) >= 11 is 6.93. The Morgan fingerprint density at radius 3 is 2.70 bits per heavy atom. The zero-order valence-electron chi connectivity index (χ0n) is 14.3. The summed E-state index contributed by atoms with van der Waals surface area (Å²) in [7, 11) is 0. The van der Waals surface area contributed by atoms with Crippen LogP contribution in [-0.2, 0) is 11.3 Å². The second-order valence-electron chi connectivity index (χ2n) is 5.56. The monoisotopic (exact) mass is 558 g/mol. The van der Waals surface area contributed by atoms with Crippen molar-refractivity contribution in [2.45, 2.75) is 18.6 Å². The van der Waals surface area contributed by atoms with Crippen molar-refractivity contribution in [3.05, 3.63) is 50.5 Å². The Labute approximate surface area is 183 Å². The Bertz CT molecular complexity index is 962. The van der Waals surface area contributed by atoms with Crippen molar-refractivity contribution in [2.75, 3.05) is 11.1 Å². The minimum Gasteiger partial charge on any atom is -0.507 e. The van der Waals surface area contributed by atoms with Gasteiger partial charge in [-0.25, -0.2) is 0 Å². The first-order valence-corrected chi connectivity index (χ1v) is 10.9. The van der Waals surface area contributed by atoms with Gasteiger partial charge in [0.25, 0.3) is 0 Å². The number of nitrogens with zero attached hydrogens (tertiary/aromatic N) is 3. The number of carbonyl (C=O) groups is 1. The number of hydrogen-bond acceptors (Lipinski definition) is 5. The van der Waals surface area contributed by atoms with Crippen molar-refractivity contribution in [1.82, 2.24) is 14.8 Å². The van der Waals surface area contributed by atoms with Crippen LogP contribution in [0.25, 0.3) is 11.4 Å². The Balaban J connectivity index is 1.72. The van der Waals surface area contributed by atoms with Crippen molar-refractivity contribution in [3.8, 4) is 17.1 Å². The van der Waals surface area contributed by atoms with Crippen LogP contribution in [0.4, 0.5) is 5.69 Å². The van der Waals surface area contributed by atoms with Gasteiger partial charge in [0.15, 0.2) is 11.0 Å². The maximum absolute atomic E-state index is 12.2. The molecule has 9 heteroatoms. The normalized spacial score (nSPS) is 10.8. The van der Waals surface area contributed by atoms with Crippen LogP contribution in [0.5, 0.6) is 5.75 Å². The molecule has 0 aliphatic rings. The van der Waals surface area contributed by atoms with Gasteiger partial charge in [-0.1, -0.05) is 27.7 Å². The third kappa shape index (κ3) is 5.02. The van der Waals surface area contributed by atoms with Crippen LogP contribution >= 0.6 is 50.3 Å². The zero-order chi connectivity index (χ0) is 19.4. The van der Waals surface area contributed by atoms with Crippen LogP contribution in [0.1, 0.15) is 6.92 Å². The van der Waals surface area contributed by atoms with Crippen LogP contribution in [0, 0.1) is 3.57 Å². The van der Waals surface area contributed by atoms with E-state index in [1.807, 2.05) is 35.8 Å². The SMILES string of the molecule is CCn1c(SCC(=O)Nc2ccc(I)cc2)nnc1-c1cc(Br)ccc1O. The number of benzene rings is 2. The molecule has 0 radical (unpaired) electrons. The summed E-state index contributed by atoms with van der Waals surface area (Å²) in [5.41, 5.74) is 1.35. The van der Waals surface area contributed by atoms with Gasteiger partial charge in [-0.3, -0.25) is 4.79 Å². The van der Waals surface area contributed by atoms with Gasteiger partial charge in [0.05, 0.1) is 11.3 Å². The predicted molar refractivity (Wildman–Crippen MR) is 119 cm³/mol. The minimum absolute atomic E-state index is 0.112. The fourth-order valence-electron chi connectivity index (χ4n) is 2.43. The van der Waals surface area contributed by atoms with E-state index in [0.29, 0.717) is 23.1 Å². The van der Waals surface area contributed by atoms with Gasteiger partial charge in [0, 0.05) is 20.3 Å². The molecular formula is C18H16BrIN4O2S. The number of rotatable bonds is 6. The maximum atomic E-state index is 12.2. The molecule has 1 amide bonds. The summed E-state index contributed by atoms with van der Waals surface area (Å²) in [5.74, 6) is 0.804. The number of aromatic nitrogens is 3.